The number of carbonyl (C=O) groups is 1. The number of hydrogen-bond acceptors (Lipinski definition) is 11. The molecule has 0 unspecified atom stereocenters. The Kier molecular flexibility index (Phi) is 6.18. The Bertz CT molecular complexity index is 1210. The molecule has 0 atom stereocenters. The van der Waals surface area contributed by atoms with Crippen LogP contribution in [0.15, 0.2) is 27.9 Å². The highest BCUT2D eigenvalue weighted by atomic mass is 16.6. The van der Waals surface area contributed by atoms with E-state index in [1.807, 2.05) is 18.2 Å². The number of aryl methyl sites for hydroxylation is 1. The average molecular weight is 467 g/mol. The predicted molar refractivity (Wildman–Crippen MR) is 120 cm³/mol. The molecule has 178 valence electrons. The van der Waals surface area contributed by atoms with E-state index in [-0.39, 0.29) is 17.3 Å². The molecule has 1 aliphatic carbocycles. The lowest BCUT2D eigenvalue weighted by Crippen LogP contribution is -2.37. The summed E-state index contributed by atoms with van der Waals surface area (Å²) in [7, 11) is 1.64. The van der Waals surface area contributed by atoms with Crippen molar-refractivity contribution in [3.63, 3.8) is 0 Å². The number of morpholine rings is 1. The van der Waals surface area contributed by atoms with E-state index in [2.05, 4.69) is 36.1 Å². The van der Waals surface area contributed by atoms with Crippen molar-refractivity contribution in [3.05, 3.63) is 40.7 Å². The van der Waals surface area contributed by atoms with Crippen molar-refractivity contribution in [3.8, 4) is 11.6 Å². The Morgan fingerprint density at radius 3 is 2.88 bits per heavy atom. The Morgan fingerprint density at radius 2 is 2.12 bits per heavy atom. The van der Waals surface area contributed by atoms with Gasteiger partial charge >= 0.3 is 0 Å². The molecule has 13 nitrogen and oxygen atoms in total. The van der Waals surface area contributed by atoms with Crippen LogP contribution in [0.25, 0.3) is 5.82 Å². The van der Waals surface area contributed by atoms with Crippen molar-refractivity contribution in [2.75, 3.05) is 39.1 Å². The molecule has 0 spiro atoms. The standard InChI is InChI=1S/C21H25N9O4/c1-32-14-5-6-15-13(11-14)3-2-4-16(15)23-25-21(31)18-17(12-29-7-9-33-10-8-29)30(28-24-18)20-19(22)26-34-27-20/h5-6,11H,2-4,7-10,12H2,1H3,(H2,22,26)(H,25,31). The number of nitrogens with one attached hydrogen (secondary N) is 1. The van der Waals surface area contributed by atoms with E-state index >= 15 is 0 Å². The van der Waals surface area contributed by atoms with Crippen molar-refractivity contribution in [2.24, 2.45) is 5.10 Å². The smallest absolute Gasteiger partial charge is 0.293 e. The third-order valence-corrected chi connectivity index (χ3v) is 5.93. The normalized spacial score (nSPS) is 17.5. The highest BCUT2D eigenvalue weighted by molar-refractivity contribution is 6.04. The van der Waals surface area contributed by atoms with Gasteiger partial charge in [0.15, 0.2) is 5.69 Å². The lowest BCUT2D eigenvalue weighted by molar-refractivity contribution is 0.0332. The largest absolute Gasteiger partial charge is 0.497 e. The maximum absolute atomic E-state index is 13.1. The number of fused-ring (bicyclic) bond motifs is 1. The monoisotopic (exact) mass is 467 g/mol. The summed E-state index contributed by atoms with van der Waals surface area (Å²) < 4.78 is 16.8. The number of aromatic nitrogens is 5. The number of nitrogens with zero attached hydrogens (tertiary/aromatic N) is 7. The van der Waals surface area contributed by atoms with Crippen LogP contribution in [-0.4, -0.2) is 75.2 Å². The Labute approximate surface area is 194 Å². The number of methoxy groups -OCH3 is 1. The van der Waals surface area contributed by atoms with E-state index in [4.69, 9.17) is 19.8 Å². The minimum atomic E-state index is -0.474. The second-order valence-electron chi connectivity index (χ2n) is 8.03. The van der Waals surface area contributed by atoms with Gasteiger partial charge in [0.05, 0.1) is 31.7 Å². The fraction of sp³-hybridized carbons (Fsp3) is 0.429. The summed E-state index contributed by atoms with van der Waals surface area (Å²) in [6, 6.07) is 5.87. The average Bonchev–Trinajstić information content (AvgIpc) is 3.48. The number of nitrogen functional groups attached to an aromatic ring is 1. The van der Waals surface area contributed by atoms with Crippen LogP contribution in [0, 0.1) is 0 Å². The van der Waals surface area contributed by atoms with Crippen LogP contribution in [0.4, 0.5) is 5.82 Å². The molecule has 2 aromatic heterocycles. The number of anilines is 1. The fourth-order valence-corrected chi connectivity index (χ4v) is 4.15. The number of benzene rings is 1. The molecule has 1 amide bonds. The highest BCUT2D eigenvalue weighted by Crippen LogP contribution is 2.26. The molecule has 1 aromatic carbocycles. The summed E-state index contributed by atoms with van der Waals surface area (Å²) >= 11 is 0. The van der Waals surface area contributed by atoms with E-state index < -0.39 is 5.91 Å². The summed E-state index contributed by atoms with van der Waals surface area (Å²) in [5.74, 6) is 0.554. The van der Waals surface area contributed by atoms with Crippen LogP contribution >= 0.6 is 0 Å². The van der Waals surface area contributed by atoms with Crippen molar-refractivity contribution >= 4 is 17.4 Å². The summed E-state index contributed by atoms with van der Waals surface area (Å²) in [5.41, 5.74) is 12.1. The summed E-state index contributed by atoms with van der Waals surface area (Å²) in [5, 5.41) is 20.0. The maximum atomic E-state index is 13.1. The Hall–Kier alpha value is -3.84. The second-order valence-corrected chi connectivity index (χ2v) is 8.03. The Morgan fingerprint density at radius 1 is 1.26 bits per heavy atom. The first-order chi connectivity index (χ1) is 16.6. The first kappa shape index (κ1) is 22.0. The molecule has 3 aromatic rings. The molecule has 3 N–H and O–H groups in total. The third-order valence-electron chi connectivity index (χ3n) is 5.93. The summed E-state index contributed by atoms with van der Waals surface area (Å²) in [4.78, 5) is 15.3. The molecular formula is C21H25N9O4. The van der Waals surface area contributed by atoms with Gasteiger partial charge in [-0.25, -0.2) is 10.1 Å². The summed E-state index contributed by atoms with van der Waals surface area (Å²) in [6.07, 6.45) is 2.63. The molecule has 13 heteroatoms. The van der Waals surface area contributed by atoms with Crippen molar-refractivity contribution in [1.82, 2.24) is 35.6 Å². The fourth-order valence-electron chi connectivity index (χ4n) is 4.15. The lowest BCUT2D eigenvalue weighted by Gasteiger charge is -2.26. The first-order valence-corrected chi connectivity index (χ1v) is 11.0. The quantitative estimate of drug-likeness (QED) is 0.490. The van der Waals surface area contributed by atoms with Gasteiger partial charge in [0.25, 0.3) is 5.91 Å². The van der Waals surface area contributed by atoms with Crippen molar-refractivity contribution in [1.29, 1.82) is 0 Å². The van der Waals surface area contributed by atoms with Gasteiger partial charge in [-0.1, -0.05) is 5.21 Å². The molecule has 3 heterocycles. The van der Waals surface area contributed by atoms with Crippen LogP contribution in [-0.2, 0) is 17.7 Å². The van der Waals surface area contributed by atoms with Gasteiger partial charge in [0.1, 0.15) is 5.75 Å². The zero-order valence-electron chi connectivity index (χ0n) is 18.7. The van der Waals surface area contributed by atoms with Gasteiger partial charge in [0.2, 0.25) is 11.6 Å². The molecular weight excluding hydrogens is 442 g/mol. The molecule has 34 heavy (non-hydrogen) atoms. The zero-order valence-corrected chi connectivity index (χ0v) is 18.7. The second kappa shape index (κ2) is 9.57. The van der Waals surface area contributed by atoms with E-state index in [1.165, 1.54) is 4.68 Å². The van der Waals surface area contributed by atoms with Crippen LogP contribution < -0.4 is 15.9 Å². The number of carbonyl (C=O) groups excluding carboxylic acids is 1. The van der Waals surface area contributed by atoms with E-state index in [1.54, 1.807) is 7.11 Å². The molecule has 0 radical (unpaired) electrons. The van der Waals surface area contributed by atoms with Crippen LogP contribution in [0.5, 0.6) is 5.75 Å². The molecule has 2 aliphatic rings. The molecule has 0 saturated carbocycles. The van der Waals surface area contributed by atoms with Gasteiger partial charge in [-0.3, -0.25) is 9.69 Å². The molecule has 1 fully saturated rings. The van der Waals surface area contributed by atoms with E-state index in [9.17, 15) is 4.79 Å². The van der Waals surface area contributed by atoms with Gasteiger partial charge in [0, 0.05) is 25.2 Å². The SMILES string of the molecule is COc1ccc2c(c1)CCCC2=NNC(=O)c1nnn(-c2nonc2N)c1CN1CCOCC1. The summed E-state index contributed by atoms with van der Waals surface area (Å²) in [6.45, 7) is 3.02. The minimum absolute atomic E-state index is 0.0505. The Balaban J connectivity index is 1.42. The van der Waals surface area contributed by atoms with Crippen LogP contribution in [0.1, 0.15) is 40.2 Å². The minimum Gasteiger partial charge on any atom is -0.497 e. The van der Waals surface area contributed by atoms with Gasteiger partial charge in [-0.2, -0.15) is 9.78 Å². The third kappa shape index (κ3) is 4.34. The number of rotatable bonds is 6. The van der Waals surface area contributed by atoms with Gasteiger partial charge in [-0.05, 0) is 53.3 Å². The van der Waals surface area contributed by atoms with Crippen molar-refractivity contribution in [2.45, 2.75) is 25.8 Å². The molecule has 1 saturated heterocycles. The number of ether oxygens (including phenoxy) is 2. The lowest BCUT2D eigenvalue weighted by atomic mass is 9.90. The highest BCUT2D eigenvalue weighted by Gasteiger charge is 2.26. The van der Waals surface area contributed by atoms with Crippen LogP contribution in [0.2, 0.25) is 0 Å². The van der Waals surface area contributed by atoms with Crippen LogP contribution in [0.3, 0.4) is 0 Å². The number of amides is 1. The van der Waals surface area contributed by atoms with Crippen molar-refractivity contribution < 1.29 is 18.9 Å². The predicted octanol–water partition coefficient (Wildman–Crippen LogP) is 0.544. The number of nitrogens with two attached hydrogens (primary N) is 1. The number of hydrazone groups is 1. The maximum Gasteiger partial charge on any atom is 0.293 e. The van der Waals surface area contributed by atoms with Gasteiger partial charge < -0.3 is 15.2 Å². The first-order valence-electron chi connectivity index (χ1n) is 11.0. The molecule has 5 rings (SSSR count). The topological polar surface area (TPSA) is 159 Å². The van der Waals surface area contributed by atoms with E-state index in [0.717, 1.165) is 41.9 Å². The number of hydrogen-bond donors (Lipinski definition) is 2. The van der Waals surface area contributed by atoms with Gasteiger partial charge in [-0.15, -0.1) is 5.10 Å². The zero-order chi connectivity index (χ0) is 23.5. The molecule has 1 aliphatic heterocycles. The molecule has 0 bridgehead atoms. The van der Waals surface area contributed by atoms with E-state index in [0.29, 0.717) is 38.5 Å².